The Morgan fingerprint density at radius 1 is 1.11 bits per heavy atom. The van der Waals surface area contributed by atoms with Gasteiger partial charge in [0.15, 0.2) is 0 Å². The topological polar surface area (TPSA) is 43.7 Å². The van der Waals surface area contributed by atoms with E-state index in [4.69, 9.17) is 0 Å². The summed E-state index contributed by atoms with van der Waals surface area (Å²) in [6.07, 6.45) is 9.47. The van der Waals surface area contributed by atoms with Crippen LogP contribution in [-0.2, 0) is 0 Å². The molecular weight excluding hydrogens is 226 g/mol. The SMILES string of the molecule is CN(CC1CC(O)C1)CC1(CO)CCCCCC1. The molecule has 0 aromatic rings. The summed E-state index contributed by atoms with van der Waals surface area (Å²) in [6, 6.07) is 0. The molecule has 2 saturated carbocycles. The van der Waals surface area contributed by atoms with Gasteiger partial charge in [-0.05, 0) is 38.6 Å². The Hall–Kier alpha value is -0.120. The summed E-state index contributed by atoms with van der Waals surface area (Å²) >= 11 is 0. The largest absolute Gasteiger partial charge is 0.396 e. The number of aliphatic hydroxyl groups is 2. The fourth-order valence-electron chi connectivity index (χ4n) is 3.77. The Bertz CT molecular complexity index is 243. The average molecular weight is 255 g/mol. The molecule has 2 fully saturated rings. The predicted molar refractivity (Wildman–Crippen MR) is 73.4 cm³/mol. The zero-order valence-electron chi connectivity index (χ0n) is 11.8. The van der Waals surface area contributed by atoms with Gasteiger partial charge in [-0.3, -0.25) is 0 Å². The summed E-state index contributed by atoms with van der Waals surface area (Å²) in [6.45, 7) is 2.44. The van der Waals surface area contributed by atoms with E-state index in [0.717, 1.165) is 25.9 Å². The van der Waals surface area contributed by atoms with Crippen LogP contribution in [0.15, 0.2) is 0 Å². The molecular formula is C15H29NO2. The maximum Gasteiger partial charge on any atom is 0.0546 e. The van der Waals surface area contributed by atoms with Crippen molar-refractivity contribution in [1.29, 1.82) is 0 Å². The van der Waals surface area contributed by atoms with Crippen LogP contribution in [0.5, 0.6) is 0 Å². The molecule has 0 aliphatic heterocycles. The van der Waals surface area contributed by atoms with Crippen molar-refractivity contribution >= 4 is 0 Å². The van der Waals surface area contributed by atoms with Gasteiger partial charge in [-0.1, -0.05) is 25.7 Å². The van der Waals surface area contributed by atoms with Crippen LogP contribution in [0.2, 0.25) is 0 Å². The van der Waals surface area contributed by atoms with E-state index in [-0.39, 0.29) is 11.5 Å². The highest BCUT2D eigenvalue weighted by Crippen LogP contribution is 2.36. The lowest BCUT2D eigenvalue weighted by molar-refractivity contribution is 0.0117. The van der Waals surface area contributed by atoms with Crippen molar-refractivity contribution in [2.24, 2.45) is 11.3 Å². The second-order valence-electron chi connectivity index (χ2n) is 6.76. The summed E-state index contributed by atoms with van der Waals surface area (Å²) in [4.78, 5) is 2.39. The first-order chi connectivity index (χ1) is 8.63. The molecule has 18 heavy (non-hydrogen) atoms. The van der Waals surface area contributed by atoms with E-state index in [1.54, 1.807) is 0 Å². The molecule has 0 bridgehead atoms. The molecule has 0 amide bonds. The molecule has 3 nitrogen and oxygen atoms in total. The van der Waals surface area contributed by atoms with E-state index in [9.17, 15) is 10.2 Å². The first-order valence-corrected chi connectivity index (χ1v) is 7.61. The van der Waals surface area contributed by atoms with Crippen molar-refractivity contribution in [3.63, 3.8) is 0 Å². The molecule has 2 aliphatic rings. The van der Waals surface area contributed by atoms with Crippen LogP contribution in [0, 0.1) is 11.3 Å². The van der Waals surface area contributed by atoms with Gasteiger partial charge in [0.25, 0.3) is 0 Å². The molecule has 2 aliphatic carbocycles. The second kappa shape index (κ2) is 6.36. The molecule has 0 atom stereocenters. The van der Waals surface area contributed by atoms with E-state index < -0.39 is 0 Å². The minimum Gasteiger partial charge on any atom is -0.396 e. The Morgan fingerprint density at radius 2 is 1.72 bits per heavy atom. The van der Waals surface area contributed by atoms with Crippen LogP contribution in [0.1, 0.15) is 51.4 Å². The van der Waals surface area contributed by atoms with Gasteiger partial charge in [0.1, 0.15) is 0 Å². The van der Waals surface area contributed by atoms with E-state index in [1.807, 2.05) is 0 Å². The summed E-state index contributed by atoms with van der Waals surface area (Å²) in [5.41, 5.74) is 0.146. The molecule has 3 heteroatoms. The highest BCUT2D eigenvalue weighted by atomic mass is 16.3. The molecule has 0 heterocycles. The summed E-state index contributed by atoms with van der Waals surface area (Å²) in [5, 5.41) is 19.1. The number of rotatable bonds is 5. The van der Waals surface area contributed by atoms with Gasteiger partial charge >= 0.3 is 0 Å². The van der Waals surface area contributed by atoms with Crippen molar-refractivity contribution < 1.29 is 10.2 Å². The zero-order valence-corrected chi connectivity index (χ0v) is 11.8. The highest BCUT2D eigenvalue weighted by Gasteiger charge is 2.33. The maximum absolute atomic E-state index is 9.80. The summed E-state index contributed by atoms with van der Waals surface area (Å²) in [5.74, 6) is 0.673. The van der Waals surface area contributed by atoms with Gasteiger partial charge in [-0.15, -0.1) is 0 Å². The molecule has 0 radical (unpaired) electrons. The number of aliphatic hydroxyl groups excluding tert-OH is 2. The number of hydrogen-bond donors (Lipinski definition) is 2. The first-order valence-electron chi connectivity index (χ1n) is 7.61. The van der Waals surface area contributed by atoms with Crippen LogP contribution in [0.4, 0.5) is 0 Å². The fraction of sp³-hybridized carbons (Fsp3) is 1.00. The monoisotopic (exact) mass is 255 g/mol. The lowest BCUT2D eigenvalue weighted by atomic mass is 9.79. The van der Waals surface area contributed by atoms with E-state index in [0.29, 0.717) is 12.5 Å². The fourth-order valence-corrected chi connectivity index (χ4v) is 3.77. The summed E-state index contributed by atoms with van der Waals surface area (Å²) in [7, 11) is 2.17. The van der Waals surface area contributed by atoms with Crippen LogP contribution in [0.3, 0.4) is 0 Å². The van der Waals surface area contributed by atoms with Crippen LogP contribution in [-0.4, -0.2) is 48.0 Å². The molecule has 0 spiro atoms. The molecule has 2 rings (SSSR count). The van der Waals surface area contributed by atoms with Crippen molar-refractivity contribution in [2.45, 2.75) is 57.5 Å². The Balaban J connectivity index is 1.80. The minimum atomic E-state index is -0.0481. The van der Waals surface area contributed by atoms with Crippen molar-refractivity contribution in [1.82, 2.24) is 4.90 Å². The highest BCUT2D eigenvalue weighted by molar-refractivity contribution is 4.86. The lowest BCUT2D eigenvalue weighted by Gasteiger charge is -2.39. The van der Waals surface area contributed by atoms with Crippen LogP contribution >= 0.6 is 0 Å². The quantitative estimate of drug-likeness (QED) is 0.739. The van der Waals surface area contributed by atoms with Crippen molar-refractivity contribution in [3.05, 3.63) is 0 Å². The number of nitrogens with zero attached hydrogens (tertiary/aromatic N) is 1. The summed E-state index contributed by atoms with van der Waals surface area (Å²) < 4.78 is 0. The molecule has 106 valence electrons. The van der Waals surface area contributed by atoms with Gasteiger partial charge in [0, 0.05) is 25.1 Å². The molecule has 0 unspecified atom stereocenters. The van der Waals surface area contributed by atoms with Gasteiger partial charge in [0.05, 0.1) is 6.10 Å². The lowest BCUT2D eigenvalue weighted by Crippen LogP contribution is -2.43. The van der Waals surface area contributed by atoms with Gasteiger partial charge in [0.2, 0.25) is 0 Å². The standard InChI is InChI=1S/C15H29NO2/c1-16(10-13-8-14(18)9-13)11-15(12-17)6-4-2-3-5-7-15/h13-14,17-18H,2-12H2,1H3. The van der Waals surface area contributed by atoms with Gasteiger partial charge in [-0.25, -0.2) is 0 Å². The van der Waals surface area contributed by atoms with Crippen LogP contribution in [0.25, 0.3) is 0 Å². The predicted octanol–water partition coefficient (Wildman–Crippen LogP) is 2.02. The smallest absolute Gasteiger partial charge is 0.0546 e. The van der Waals surface area contributed by atoms with E-state index in [1.165, 1.54) is 38.5 Å². The third-order valence-electron chi connectivity index (χ3n) is 4.89. The Labute approximate surface area is 111 Å². The van der Waals surface area contributed by atoms with Crippen molar-refractivity contribution in [2.75, 3.05) is 26.7 Å². The first kappa shape index (κ1) is 14.3. The average Bonchev–Trinajstić information content (AvgIpc) is 2.53. The van der Waals surface area contributed by atoms with Gasteiger partial charge in [-0.2, -0.15) is 0 Å². The zero-order chi connectivity index (χ0) is 13.0. The molecule has 0 saturated heterocycles. The Morgan fingerprint density at radius 3 is 2.22 bits per heavy atom. The minimum absolute atomic E-state index is 0.0481. The molecule has 2 N–H and O–H groups in total. The molecule has 0 aromatic carbocycles. The van der Waals surface area contributed by atoms with Crippen molar-refractivity contribution in [3.8, 4) is 0 Å². The third kappa shape index (κ3) is 3.69. The van der Waals surface area contributed by atoms with Gasteiger partial charge < -0.3 is 15.1 Å². The second-order valence-corrected chi connectivity index (χ2v) is 6.76. The van der Waals surface area contributed by atoms with Crippen LogP contribution < -0.4 is 0 Å². The third-order valence-corrected chi connectivity index (χ3v) is 4.89. The normalized spacial score (nSPS) is 32.0. The van der Waals surface area contributed by atoms with E-state index in [2.05, 4.69) is 11.9 Å². The molecule has 0 aromatic heterocycles. The number of hydrogen-bond acceptors (Lipinski definition) is 3. The Kier molecular flexibility index (Phi) is 5.05. The van der Waals surface area contributed by atoms with E-state index >= 15 is 0 Å². The maximum atomic E-state index is 9.80.